The SMILES string of the molecule is c1cc2c(cn1)ncc1nncn12. The molecule has 3 heterocycles. The molecule has 0 spiro atoms. The number of hydrogen-bond acceptors (Lipinski definition) is 4. The molecule has 0 aliphatic rings. The van der Waals surface area contributed by atoms with Crippen molar-refractivity contribution in [1.29, 1.82) is 0 Å². The summed E-state index contributed by atoms with van der Waals surface area (Å²) in [4.78, 5) is 8.18. The average molecular weight is 171 g/mol. The van der Waals surface area contributed by atoms with Gasteiger partial charge in [0.25, 0.3) is 0 Å². The summed E-state index contributed by atoms with van der Waals surface area (Å²) in [5.74, 6) is 0. The first kappa shape index (κ1) is 6.47. The Morgan fingerprint density at radius 2 is 2.23 bits per heavy atom. The lowest BCUT2D eigenvalue weighted by Gasteiger charge is -1.97. The third-order valence-electron chi connectivity index (χ3n) is 1.93. The van der Waals surface area contributed by atoms with Gasteiger partial charge in [0.2, 0.25) is 0 Å². The Morgan fingerprint density at radius 3 is 3.23 bits per heavy atom. The van der Waals surface area contributed by atoms with E-state index in [9.17, 15) is 0 Å². The quantitative estimate of drug-likeness (QED) is 0.499. The van der Waals surface area contributed by atoms with Gasteiger partial charge in [-0.1, -0.05) is 0 Å². The lowest BCUT2D eigenvalue weighted by Crippen LogP contribution is -1.89. The zero-order valence-electron chi connectivity index (χ0n) is 6.62. The predicted octanol–water partition coefficient (Wildman–Crippen LogP) is 0.672. The first-order chi connectivity index (χ1) is 6.45. The Bertz CT molecular complexity index is 571. The van der Waals surface area contributed by atoms with Crippen molar-refractivity contribution in [3.63, 3.8) is 0 Å². The summed E-state index contributed by atoms with van der Waals surface area (Å²) in [5.41, 5.74) is 2.56. The van der Waals surface area contributed by atoms with Crippen molar-refractivity contribution in [3.05, 3.63) is 31.0 Å². The van der Waals surface area contributed by atoms with Crippen molar-refractivity contribution >= 4 is 16.7 Å². The van der Waals surface area contributed by atoms with Crippen molar-refractivity contribution in [2.45, 2.75) is 0 Å². The molecule has 0 radical (unpaired) electrons. The maximum Gasteiger partial charge on any atom is 0.179 e. The second-order valence-electron chi connectivity index (χ2n) is 2.68. The maximum absolute atomic E-state index is 4.20. The summed E-state index contributed by atoms with van der Waals surface area (Å²) >= 11 is 0. The van der Waals surface area contributed by atoms with E-state index in [4.69, 9.17) is 0 Å². The molecular formula is C8H5N5. The van der Waals surface area contributed by atoms with Gasteiger partial charge in [0.1, 0.15) is 11.8 Å². The first-order valence-electron chi connectivity index (χ1n) is 3.83. The van der Waals surface area contributed by atoms with Gasteiger partial charge in [-0.3, -0.25) is 9.38 Å². The topological polar surface area (TPSA) is 56.0 Å². The minimum atomic E-state index is 0.749. The van der Waals surface area contributed by atoms with Crippen LogP contribution < -0.4 is 0 Å². The zero-order chi connectivity index (χ0) is 8.67. The summed E-state index contributed by atoms with van der Waals surface area (Å²) in [6.45, 7) is 0. The van der Waals surface area contributed by atoms with E-state index in [1.165, 1.54) is 0 Å². The molecule has 0 aliphatic heterocycles. The molecule has 0 saturated carbocycles. The minimum Gasteiger partial charge on any atom is -0.278 e. The number of rotatable bonds is 0. The molecule has 0 atom stereocenters. The van der Waals surface area contributed by atoms with Crippen LogP contribution in [0.15, 0.2) is 31.0 Å². The normalized spacial score (nSPS) is 11.1. The van der Waals surface area contributed by atoms with Gasteiger partial charge in [0.15, 0.2) is 5.65 Å². The van der Waals surface area contributed by atoms with Gasteiger partial charge in [0, 0.05) is 6.20 Å². The van der Waals surface area contributed by atoms with Crippen LogP contribution >= 0.6 is 0 Å². The van der Waals surface area contributed by atoms with E-state index in [1.54, 1.807) is 24.9 Å². The van der Waals surface area contributed by atoms with E-state index in [-0.39, 0.29) is 0 Å². The highest BCUT2D eigenvalue weighted by Crippen LogP contribution is 2.09. The van der Waals surface area contributed by atoms with Crippen molar-refractivity contribution in [3.8, 4) is 0 Å². The predicted molar refractivity (Wildman–Crippen MR) is 46.1 cm³/mol. The molecule has 0 aromatic carbocycles. The third-order valence-corrected chi connectivity index (χ3v) is 1.93. The molecule has 3 rings (SSSR count). The van der Waals surface area contributed by atoms with Gasteiger partial charge < -0.3 is 0 Å². The van der Waals surface area contributed by atoms with E-state index < -0.39 is 0 Å². The van der Waals surface area contributed by atoms with E-state index in [0.29, 0.717) is 0 Å². The van der Waals surface area contributed by atoms with Crippen molar-refractivity contribution in [2.75, 3.05) is 0 Å². The zero-order valence-corrected chi connectivity index (χ0v) is 6.62. The van der Waals surface area contributed by atoms with E-state index in [2.05, 4.69) is 20.2 Å². The number of aromatic nitrogens is 5. The Labute approximate surface area is 73.1 Å². The van der Waals surface area contributed by atoms with Gasteiger partial charge in [-0.2, -0.15) is 0 Å². The molecule has 5 heteroatoms. The molecule has 0 saturated heterocycles. The molecule has 0 N–H and O–H groups in total. The molecule has 0 bridgehead atoms. The van der Waals surface area contributed by atoms with Crippen molar-refractivity contribution in [1.82, 2.24) is 24.6 Å². The van der Waals surface area contributed by atoms with Gasteiger partial charge in [0.05, 0.1) is 17.9 Å². The van der Waals surface area contributed by atoms with Crippen molar-refractivity contribution in [2.24, 2.45) is 0 Å². The second kappa shape index (κ2) is 2.22. The Hall–Kier alpha value is -2.04. The number of pyridine rings is 1. The Balaban J connectivity index is 2.65. The van der Waals surface area contributed by atoms with Crippen LogP contribution in [0.2, 0.25) is 0 Å². The molecule has 0 amide bonds. The van der Waals surface area contributed by atoms with Crippen LogP contribution in [0.3, 0.4) is 0 Å². The van der Waals surface area contributed by atoms with Crippen LogP contribution in [0.25, 0.3) is 16.7 Å². The minimum absolute atomic E-state index is 0.749. The van der Waals surface area contributed by atoms with Crippen LogP contribution in [0.5, 0.6) is 0 Å². The van der Waals surface area contributed by atoms with Gasteiger partial charge in [-0.05, 0) is 6.07 Å². The second-order valence-corrected chi connectivity index (χ2v) is 2.68. The maximum atomic E-state index is 4.20. The molecule has 0 fully saturated rings. The van der Waals surface area contributed by atoms with Gasteiger partial charge in [-0.25, -0.2) is 4.98 Å². The van der Waals surface area contributed by atoms with Crippen LogP contribution in [-0.4, -0.2) is 24.6 Å². The first-order valence-corrected chi connectivity index (χ1v) is 3.83. The lowest BCUT2D eigenvalue weighted by molar-refractivity contribution is 1.11. The highest BCUT2D eigenvalue weighted by molar-refractivity contribution is 5.75. The summed E-state index contributed by atoms with van der Waals surface area (Å²) < 4.78 is 1.88. The van der Waals surface area contributed by atoms with Crippen molar-refractivity contribution < 1.29 is 0 Å². The molecule has 3 aromatic heterocycles. The highest BCUT2D eigenvalue weighted by Gasteiger charge is 2.00. The fourth-order valence-electron chi connectivity index (χ4n) is 1.33. The molecule has 3 aromatic rings. The average Bonchev–Trinajstić information content (AvgIpc) is 2.65. The van der Waals surface area contributed by atoms with E-state index >= 15 is 0 Å². The Morgan fingerprint density at radius 1 is 1.23 bits per heavy atom. The number of nitrogens with zero attached hydrogens (tertiary/aromatic N) is 5. The fraction of sp³-hybridized carbons (Fsp3) is 0. The van der Waals surface area contributed by atoms with E-state index in [1.807, 2.05) is 10.5 Å². The molecular weight excluding hydrogens is 166 g/mol. The number of hydrogen-bond donors (Lipinski definition) is 0. The van der Waals surface area contributed by atoms with E-state index in [0.717, 1.165) is 16.7 Å². The largest absolute Gasteiger partial charge is 0.278 e. The summed E-state index contributed by atoms with van der Waals surface area (Å²) in [6, 6.07) is 1.89. The molecule has 5 nitrogen and oxygen atoms in total. The molecule has 13 heavy (non-hydrogen) atoms. The van der Waals surface area contributed by atoms with Crippen LogP contribution in [0.1, 0.15) is 0 Å². The smallest absolute Gasteiger partial charge is 0.179 e. The summed E-state index contributed by atoms with van der Waals surface area (Å²) in [6.07, 6.45) is 6.79. The molecule has 0 aliphatic carbocycles. The molecule has 62 valence electrons. The van der Waals surface area contributed by atoms with Gasteiger partial charge in [-0.15, -0.1) is 10.2 Å². The fourth-order valence-corrected chi connectivity index (χ4v) is 1.33. The van der Waals surface area contributed by atoms with Crippen LogP contribution in [0.4, 0.5) is 0 Å². The monoisotopic (exact) mass is 171 g/mol. The standard InChI is InChI=1S/C8H5N5/c1-2-9-3-6-7(1)13-5-11-12-8(13)4-10-6/h1-5H. The van der Waals surface area contributed by atoms with Crippen LogP contribution in [-0.2, 0) is 0 Å². The Kier molecular flexibility index (Phi) is 1.11. The lowest BCUT2D eigenvalue weighted by atomic mass is 10.4. The third kappa shape index (κ3) is 0.807. The van der Waals surface area contributed by atoms with Crippen LogP contribution in [0, 0.1) is 0 Å². The number of fused-ring (bicyclic) bond motifs is 3. The highest BCUT2D eigenvalue weighted by atomic mass is 15.2. The summed E-state index contributed by atoms with van der Waals surface area (Å²) in [5, 5.41) is 7.70. The molecule has 0 unspecified atom stereocenters. The van der Waals surface area contributed by atoms with Gasteiger partial charge >= 0.3 is 0 Å². The summed E-state index contributed by atoms with van der Waals surface area (Å²) in [7, 11) is 0.